The van der Waals surface area contributed by atoms with Crippen molar-refractivity contribution in [1.29, 1.82) is 0 Å². The zero-order chi connectivity index (χ0) is 14.1. The predicted molar refractivity (Wildman–Crippen MR) is 84.9 cm³/mol. The molecular weight excluding hydrogens is 246 g/mol. The summed E-state index contributed by atoms with van der Waals surface area (Å²) < 4.78 is 0. The fourth-order valence-corrected chi connectivity index (χ4v) is 3.17. The highest BCUT2D eigenvalue weighted by atomic mass is 15.2. The van der Waals surface area contributed by atoms with E-state index in [9.17, 15) is 0 Å². The van der Waals surface area contributed by atoms with Crippen molar-refractivity contribution in [3.63, 3.8) is 0 Å². The van der Waals surface area contributed by atoms with Crippen LogP contribution in [0.5, 0.6) is 0 Å². The molecule has 3 rings (SSSR count). The van der Waals surface area contributed by atoms with Gasteiger partial charge in [0, 0.05) is 17.0 Å². The first-order chi connectivity index (χ1) is 9.69. The van der Waals surface area contributed by atoms with Gasteiger partial charge in [0.25, 0.3) is 0 Å². The number of rotatable bonds is 3. The molecular formula is C17H23N3. The number of fused-ring (bicyclic) bond motifs is 1. The standard InChI is InChI=1S/C17H23N3/c1-11(2)13-7-8-15-14(9-13)17(20-18)10-16(19-15)12-5-3-4-6-12/h7-12H,3-6,18H2,1-2H3,(H,19,20). The van der Waals surface area contributed by atoms with E-state index < -0.39 is 0 Å². The van der Waals surface area contributed by atoms with Crippen molar-refractivity contribution in [3.8, 4) is 0 Å². The van der Waals surface area contributed by atoms with Crippen LogP contribution in [0.15, 0.2) is 24.3 Å². The number of aromatic nitrogens is 1. The fraction of sp³-hybridized carbons (Fsp3) is 0.471. The molecule has 1 heterocycles. The first-order valence-electron chi connectivity index (χ1n) is 7.60. The van der Waals surface area contributed by atoms with E-state index in [2.05, 4.69) is 43.5 Å². The summed E-state index contributed by atoms with van der Waals surface area (Å²) in [6, 6.07) is 8.66. The number of hydrogen-bond donors (Lipinski definition) is 2. The highest BCUT2D eigenvalue weighted by Gasteiger charge is 2.20. The molecule has 2 aromatic rings. The summed E-state index contributed by atoms with van der Waals surface area (Å²) in [5.41, 5.74) is 7.43. The molecule has 1 aromatic heterocycles. The molecule has 20 heavy (non-hydrogen) atoms. The van der Waals surface area contributed by atoms with E-state index in [1.54, 1.807) is 0 Å². The second-order valence-corrected chi connectivity index (χ2v) is 6.15. The van der Waals surface area contributed by atoms with Crippen molar-refractivity contribution in [1.82, 2.24) is 4.98 Å². The van der Waals surface area contributed by atoms with Crippen molar-refractivity contribution < 1.29 is 0 Å². The van der Waals surface area contributed by atoms with Gasteiger partial charge in [-0.3, -0.25) is 10.8 Å². The normalized spacial score (nSPS) is 16.2. The third-order valence-electron chi connectivity index (χ3n) is 4.45. The summed E-state index contributed by atoms with van der Waals surface area (Å²) in [6.45, 7) is 4.41. The van der Waals surface area contributed by atoms with E-state index >= 15 is 0 Å². The molecule has 3 N–H and O–H groups in total. The molecule has 0 radical (unpaired) electrons. The Balaban J connectivity index is 2.11. The highest BCUT2D eigenvalue weighted by molar-refractivity contribution is 5.92. The summed E-state index contributed by atoms with van der Waals surface area (Å²) in [7, 11) is 0. The number of benzene rings is 1. The largest absolute Gasteiger partial charge is 0.323 e. The Morgan fingerprint density at radius 1 is 1.20 bits per heavy atom. The number of nitrogens with zero attached hydrogens (tertiary/aromatic N) is 1. The lowest BCUT2D eigenvalue weighted by Crippen LogP contribution is -2.09. The van der Waals surface area contributed by atoms with Gasteiger partial charge in [-0.25, -0.2) is 0 Å². The van der Waals surface area contributed by atoms with E-state index in [-0.39, 0.29) is 0 Å². The smallest absolute Gasteiger partial charge is 0.0726 e. The van der Waals surface area contributed by atoms with Crippen molar-refractivity contribution in [2.45, 2.75) is 51.4 Å². The molecule has 0 unspecified atom stereocenters. The molecule has 3 heteroatoms. The molecule has 0 bridgehead atoms. The van der Waals surface area contributed by atoms with Gasteiger partial charge in [0.1, 0.15) is 0 Å². The monoisotopic (exact) mass is 269 g/mol. The van der Waals surface area contributed by atoms with Crippen LogP contribution < -0.4 is 11.3 Å². The van der Waals surface area contributed by atoms with E-state index in [1.165, 1.54) is 36.9 Å². The number of nitrogens with two attached hydrogens (primary N) is 1. The Hall–Kier alpha value is -1.61. The maximum absolute atomic E-state index is 5.73. The molecule has 0 spiro atoms. The maximum Gasteiger partial charge on any atom is 0.0726 e. The molecule has 1 saturated carbocycles. The van der Waals surface area contributed by atoms with Crippen LogP contribution in [0, 0.1) is 0 Å². The molecule has 1 aliphatic carbocycles. The van der Waals surface area contributed by atoms with Gasteiger partial charge in [0.05, 0.1) is 11.2 Å². The van der Waals surface area contributed by atoms with Crippen molar-refractivity contribution in [2.75, 3.05) is 5.43 Å². The molecule has 0 amide bonds. The average molecular weight is 269 g/mol. The van der Waals surface area contributed by atoms with Gasteiger partial charge in [0.2, 0.25) is 0 Å². The predicted octanol–water partition coefficient (Wildman–Crippen LogP) is 4.30. The lowest BCUT2D eigenvalue weighted by molar-refractivity contribution is 0.701. The van der Waals surface area contributed by atoms with Gasteiger partial charge >= 0.3 is 0 Å². The quantitative estimate of drug-likeness (QED) is 0.645. The highest BCUT2D eigenvalue weighted by Crippen LogP contribution is 2.36. The zero-order valence-electron chi connectivity index (χ0n) is 12.3. The minimum Gasteiger partial charge on any atom is -0.323 e. The minimum atomic E-state index is 0.513. The van der Waals surface area contributed by atoms with Gasteiger partial charge in [-0.15, -0.1) is 0 Å². The number of hydrazine groups is 1. The van der Waals surface area contributed by atoms with Gasteiger partial charge in [-0.05, 0) is 42.5 Å². The summed E-state index contributed by atoms with van der Waals surface area (Å²) in [5.74, 6) is 6.85. The van der Waals surface area contributed by atoms with Crippen LogP contribution in [-0.4, -0.2) is 4.98 Å². The Morgan fingerprint density at radius 2 is 1.95 bits per heavy atom. The van der Waals surface area contributed by atoms with Crippen LogP contribution in [-0.2, 0) is 0 Å². The van der Waals surface area contributed by atoms with Crippen LogP contribution >= 0.6 is 0 Å². The average Bonchev–Trinajstić information content (AvgIpc) is 2.99. The number of nitrogens with one attached hydrogen (secondary N) is 1. The third kappa shape index (κ3) is 2.38. The number of hydrogen-bond acceptors (Lipinski definition) is 3. The topological polar surface area (TPSA) is 50.9 Å². The molecule has 1 fully saturated rings. The summed E-state index contributed by atoms with van der Waals surface area (Å²) >= 11 is 0. The van der Waals surface area contributed by atoms with Crippen LogP contribution in [0.2, 0.25) is 0 Å². The van der Waals surface area contributed by atoms with Crippen molar-refractivity contribution >= 4 is 16.6 Å². The summed E-state index contributed by atoms with van der Waals surface area (Å²) in [6.07, 6.45) is 5.16. The van der Waals surface area contributed by atoms with Crippen LogP contribution in [0.4, 0.5) is 5.69 Å². The third-order valence-corrected chi connectivity index (χ3v) is 4.45. The van der Waals surface area contributed by atoms with E-state index in [0.29, 0.717) is 11.8 Å². The van der Waals surface area contributed by atoms with Gasteiger partial charge in [-0.1, -0.05) is 32.8 Å². The molecule has 3 nitrogen and oxygen atoms in total. The summed E-state index contributed by atoms with van der Waals surface area (Å²) in [5, 5.41) is 1.13. The SMILES string of the molecule is CC(C)c1ccc2nc(C3CCCC3)cc(NN)c2c1. The lowest BCUT2D eigenvalue weighted by atomic mass is 9.98. The molecule has 106 valence electrons. The number of pyridine rings is 1. The van der Waals surface area contributed by atoms with Gasteiger partial charge in [-0.2, -0.15) is 0 Å². The first-order valence-corrected chi connectivity index (χ1v) is 7.60. The maximum atomic E-state index is 5.73. The van der Waals surface area contributed by atoms with Crippen LogP contribution in [0.1, 0.15) is 62.6 Å². The van der Waals surface area contributed by atoms with Crippen LogP contribution in [0.25, 0.3) is 10.9 Å². The van der Waals surface area contributed by atoms with Gasteiger partial charge < -0.3 is 5.43 Å². The number of nitrogen functional groups attached to an aromatic ring is 1. The Morgan fingerprint density at radius 3 is 2.60 bits per heavy atom. The number of anilines is 1. The van der Waals surface area contributed by atoms with E-state index in [4.69, 9.17) is 10.8 Å². The second kappa shape index (κ2) is 5.41. The van der Waals surface area contributed by atoms with Crippen LogP contribution in [0.3, 0.4) is 0 Å². The first kappa shape index (κ1) is 13.4. The Bertz CT molecular complexity index is 613. The van der Waals surface area contributed by atoms with Crippen molar-refractivity contribution in [3.05, 3.63) is 35.5 Å². The lowest BCUT2D eigenvalue weighted by Gasteiger charge is -2.15. The molecule has 1 aromatic carbocycles. The Labute approximate surface area is 120 Å². The fourth-order valence-electron chi connectivity index (χ4n) is 3.17. The summed E-state index contributed by atoms with van der Waals surface area (Å²) in [4.78, 5) is 4.87. The molecule has 0 atom stereocenters. The van der Waals surface area contributed by atoms with E-state index in [1.807, 2.05) is 0 Å². The second-order valence-electron chi connectivity index (χ2n) is 6.15. The van der Waals surface area contributed by atoms with Crippen molar-refractivity contribution in [2.24, 2.45) is 5.84 Å². The zero-order valence-corrected chi connectivity index (χ0v) is 12.3. The molecule has 1 aliphatic rings. The minimum absolute atomic E-state index is 0.513. The van der Waals surface area contributed by atoms with Gasteiger partial charge in [0.15, 0.2) is 0 Å². The molecule has 0 aliphatic heterocycles. The van der Waals surface area contributed by atoms with E-state index in [0.717, 1.165) is 16.6 Å². The molecule has 0 saturated heterocycles. The Kier molecular flexibility index (Phi) is 3.62.